The van der Waals surface area contributed by atoms with Gasteiger partial charge in [0.25, 0.3) is 0 Å². The quantitative estimate of drug-likeness (QED) is 0.673. The van der Waals surface area contributed by atoms with Gasteiger partial charge in [0, 0.05) is 18.0 Å². The lowest BCUT2D eigenvalue weighted by Gasteiger charge is -1.92. The summed E-state index contributed by atoms with van der Waals surface area (Å²) in [5.41, 5.74) is 5.70. The van der Waals surface area contributed by atoms with E-state index in [1.807, 2.05) is 13.8 Å². The number of rotatable bonds is 2. The Morgan fingerprint density at radius 2 is 2.25 bits per heavy atom. The minimum Gasteiger partial charge on any atom is -0.324 e. The Balaban J connectivity index is 0.000000561. The Kier molecular flexibility index (Phi) is 5.83. The fourth-order valence-corrected chi connectivity index (χ4v) is 0.646. The highest BCUT2D eigenvalue weighted by atomic mass is 16.1. The monoisotopic (exact) mass is 166 g/mol. The summed E-state index contributed by atoms with van der Waals surface area (Å²) in [4.78, 5) is 14.6. The van der Waals surface area contributed by atoms with Crippen LogP contribution in [0.25, 0.3) is 0 Å². The molecule has 1 rings (SSSR count). The molecule has 0 spiro atoms. The van der Waals surface area contributed by atoms with Gasteiger partial charge in [0.2, 0.25) is 0 Å². The molecule has 0 bridgehead atoms. The standard InChI is InChI=1S/C7H8N2O.C2H6/c8-4-7(10)6-2-1-3-9-5-6;1-2/h1-3,5H,4,8H2;1-2H3. The van der Waals surface area contributed by atoms with Crippen molar-refractivity contribution in [1.82, 2.24) is 4.98 Å². The number of hydrogen-bond donors (Lipinski definition) is 1. The highest BCUT2D eigenvalue weighted by Crippen LogP contribution is 1.94. The number of carbonyl (C=O) groups is 1. The van der Waals surface area contributed by atoms with Crippen LogP contribution in [0.4, 0.5) is 0 Å². The molecule has 2 N–H and O–H groups in total. The van der Waals surface area contributed by atoms with E-state index >= 15 is 0 Å². The number of nitrogens with zero attached hydrogens (tertiary/aromatic N) is 1. The molecule has 1 aromatic heterocycles. The van der Waals surface area contributed by atoms with Crippen LogP contribution >= 0.6 is 0 Å². The Morgan fingerprint density at radius 3 is 2.67 bits per heavy atom. The summed E-state index contributed by atoms with van der Waals surface area (Å²) in [6.45, 7) is 4.05. The van der Waals surface area contributed by atoms with Crippen molar-refractivity contribution in [2.75, 3.05) is 6.54 Å². The SMILES string of the molecule is CC.NCC(=O)c1cccnc1. The van der Waals surface area contributed by atoms with E-state index in [0.29, 0.717) is 5.56 Å². The van der Waals surface area contributed by atoms with Crippen molar-refractivity contribution in [3.8, 4) is 0 Å². The molecule has 0 aliphatic heterocycles. The van der Waals surface area contributed by atoms with E-state index in [9.17, 15) is 4.79 Å². The molecule has 1 heterocycles. The molecule has 1 aromatic rings. The lowest BCUT2D eigenvalue weighted by molar-refractivity contribution is 0.100. The summed E-state index contributed by atoms with van der Waals surface area (Å²) in [5, 5.41) is 0. The number of hydrogen-bond acceptors (Lipinski definition) is 3. The summed E-state index contributed by atoms with van der Waals surface area (Å²) in [6, 6.07) is 3.41. The van der Waals surface area contributed by atoms with E-state index in [1.54, 1.807) is 18.3 Å². The van der Waals surface area contributed by atoms with Crippen molar-refractivity contribution < 1.29 is 4.79 Å². The zero-order valence-electron chi connectivity index (χ0n) is 7.45. The first-order valence-electron chi connectivity index (χ1n) is 3.98. The van der Waals surface area contributed by atoms with Crippen molar-refractivity contribution in [3.63, 3.8) is 0 Å². The van der Waals surface area contributed by atoms with Crippen LogP contribution in [0.1, 0.15) is 24.2 Å². The molecule has 0 aliphatic carbocycles. The second-order valence-electron chi connectivity index (χ2n) is 1.87. The van der Waals surface area contributed by atoms with Crippen molar-refractivity contribution in [1.29, 1.82) is 0 Å². The maximum Gasteiger partial charge on any atom is 0.177 e. The van der Waals surface area contributed by atoms with Crippen molar-refractivity contribution in [2.45, 2.75) is 13.8 Å². The minimum absolute atomic E-state index is 0.0473. The Labute approximate surface area is 72.6 Å². The van der Waals surface area contributed by atoms with Crippen molar-refractivity contribution >= 4 is 5.78 Å². The van der Waals surface area contributed by atoms with Gasteiger partial charge in [0.1, 0.15) is 0 Å². The predicted molar refractivity (Wildman–Crippen MR) is 49.0 cm³/mol. The third kappa shape index (κ3) is 3.25. The van der Waals surface area contributed by atoms with Gasteiger partial charge in [-0.25, -0.2) is 0 Å². The van der Waals surface area contributed by atoms with Crippen LogP contribution < -0.4 is 5.73 Å². The first-order chi connectivity index (χ1) is 5.84. The summed E-state index contributed by atoms with van der Waals surface area (Å²) in [7, 11) is 0. The van der Waals surface area contributed by atoms with Crippen LogP contribution in [0.15, 0.2) is 24.5 Å². The molecule has 12 heavy (non-hydrogen) atoms. The number of ketones is 1. The Morgan fingerprint density at radius 1 is 1.58 bits per heavy atom. The lowest BCUT2D eigenvalue weighted by atomic mass is 10.2. The fourth-order valence-electron chi connectivity index (χ4n) is 0.646. The topological polar surface area (TPSA) is 56.0 Å². The van der Waals surface area contributed by atoms with Crippen LogP contribution in [-0.4, -0.2) is 17.3 Å². The van der Waals surface area contributed by atoms with Crippen LogP contribution in [-0.2, 0) is 0 Å². The second-order valence-corrected chi connectivity index (χ2v) is 1.87. The van der Waals surface area contributed by atoms with Crippen LogP contribution in [0.2, 0.25) is 0 Å². The van der Waals surface area contributed by atoms with Gasteiger partial charge < -0.3 is 5.73 Å². The molecule has 3 heteroatoms. The molecule has 0 aromatic carbocycles. The molecule has 0 fully saturated rings. The Hall–Kier alpha value is -1.22. The molecule has 0 saturated heterocycles. The molecular weight excluding hydrogens is 152 g/mol. The zero-order chi connectivity index (χ0) is 9.40. The normalized spacial score (nSPS) is 8.25. The number of carbonyl (C=O) groups excluding carboxylic acids is 1. The van der Waals surface area contributed by atoms with Gasteiger partial charge in [0.15, 0.2) is 5.78 Å². The van der Waals surface area contributed by atoms with Crippen LogP contribution in [0, 0.1) is 0 Å². The number of aromatic nitrogens is 1. The number of pyridine rings is 1. The minimum atomic E-state index is -0.0758. The summed E-state index contributed by atoms with van der Waals surface area (Å²) in [6.07, 6.45) is 3.13. The van der Waals surface area contributed by atoms with Crippen LogP contribution in [0.3, 0.4) is 0 Å². The molecule has 0 unspecified atom stereocenters. The largest absolute Gasteiger partial charge is 0.324 e. The number of Topliss-reactive ketones (excluding diaryl/α,β-unsaturated/α-hetero) is 1. The predicted octanol–water partition coefficient (Wildman–Crippen LogP) is 1.25. The average Bonchev–Trinajstić information content (AvgIpc) is 2.21. The van der Waals surface area contributed by atoms with E-state index in [1.165, 1.54) is 6.20 Å². The van der Waals surface area contributed by atoms with Gasteiger partial charge in [-0.15, -0.1) is 0 Å². The number of nitrogens with two attached hydrogens (primary N) is 1. The lowest BCUT2D eigenvalue weighted by Crippen LogP contribution is -2.13. The van der Waals surface area contributed by atoms with Crippen molar-refractivity contribution in [2.24, 2.45) is 5.73 Å². The highest BCUT2D eigenvalue weighted by Gasteiger charge is 1.99. The molecule has 0 amide bonds. The fraction of sp³-hybridized carbons (Fsp3) is 0.333. The third-order valence-electron chi connectivity index (χ3n) is 1.17. The van der Waals surface area contributed by atoms with Gasteiger partial charge in [-0.05, 0) is 12.1 Å². The van der Waals surface area contributed by atoms with Gasteiger partial charge in [-0.1, -0.05) is 13.8 Å². The van der Waals surface area contributed by atoms with E-state index in [-0.39, 0.29) is 12.3 Å². The van der Waals surface area contributed by atoms with E-state index in [0.717, 1.165) is 0 Å². The zero-order valence-corrected chi connectivity index (χ0v) is 7.45. The molecule has 0 saturated carbocycles. The molecule has 0 radical (unpaired) electrons. The van der Waals surface area contributed by atoms with E-state index < -0.39 is 0 Å². The Bertz CT molecular complexity index is 221. The first-order valence-corrected chi connectivity index (χ1v) is 3.98. The molecule has 0 aliphatic rings. The van der Waals surface area contributed by atoms with Crippen LogP contribution in [0.5, 0.6) is 0 Å². The molecular formula is C9H14N2O. The van der Waals surface area contributed by atoms with Gasteiger partial charge in [-0.3, -0.25) is 9.78 Å². The van der Waals surface area contributed by atoms with Crippen molar-refractivity contribution in [3.05, 3.63) is 30.1 Å². The third-order valence-corrected chi connectivity index (χ3v) is 1.17. The van der Waals surface area contributed by atoms with Gasteiger partial charge >= 0.3 is 0 Å². The molecule has 66 valence electrons. The molecule has 0 atom stereocenters. The molecule has 3 nitrogen and oxygen atoms in total. The van der Waals surface area contributed by atoms with Gasteiger partial charge in [0.05, 0.1) is 6.54 Å². The first kappa shape index (κ1) is 10.8. The summed E-state index contributed by atoms with van der Waals surface area (Å²) >= 11 is 0. The smallest absolute Gasteiger partial charge is 0.177 e. The van der Waals surface area contributed by atoms with E-state index in [4.69, 9.17) is 5.73 Å². The van der Waals surface area contributed by atoms with E-state index in [2.05, 4.69) is 4.98 Å². The van der Waals surface area contributed by atoms with Gasteiger partial charge in [-0.2, -0.15) is 0 Å². The summed E-state index contributed by atoms with van der Waals surface area (Å²) < 4.78 is 0. The maximum absolute atomic E-state index is 10.8. The maximum atomic E-state index is 10.8. The summed E-state index contributed by atoms with van der Waals surface area (Å²) in [5.74, 6) is -0.0758. The second kappa shape index (κ2) is 6.49. The average molecular weight is 166 g/mol. The highest BCUT2D eigenvalue weighted by molar-refractivity contribution is 5.97.